The minimum Gasteiger partial charge on any atom is -0.492 e. The fraction of sp³-hybridized carbons (Fsp3) is 0.355. The maximum absolute atomic E-state index is 13.6. The Morgan fingerprint density at radius 2 is 1.84 bits per heavy atom. The zero-order valence-corrected chi connectivity index (χ0v) is 24.5. The third kappa shape index (κ3) is 6.56. The van der Waals surface area contributed by atoms with Crippen molar-refractivity contribution in [2.24, 2.45) is 5.92 Å². The zero-order valence-electron chi connectivity index (χ0n) is 24.5. The van der Waals surface area contributed by atoms with Crippen LogP contribution in [0.5, 0.6) is 5.75 Å². The first-order valence-corrected chi connectivity index (χ1v) is 14.3. The molecule has 2 aliphatic rings. The van der Waals surface area contributed by atoms with Crippen LogP contribution in [0.2, 0.25) is 0 Å². The number of imidazole rings is 1. The third-order valence-electron chi connectivity index (χ3n) is 7.85. The van der Waals surface area contributed by atoms with Gasteiger partial charge in [0.1, 0.15) is 23.9 Å². The van der Waals surface area contributed by atoms with Crippen LogP contribution in [0.1, 0.15) is 50.3 Å². The molecule has 0 radical (unpaired) electrons. The number of likely N-dealkylation sites (tertiary alicyclic amines) is 1. The van der Waals surface area contributed by atoms with Crippen molar-refractivity contribution in [2.45, 2.75) is 26.2 Å². The van der Waals surface area contributed by atoms with Crippen LogP contribution in [0.15, 0.2) is 53.3 Å². The van der Waals surface area contributed by atoms with Crippen molar-refractivity contribution in [2.75, 3.05) is 39.3 Å². The minimum atomic E-state index is -0.425. The summed E-state index contributed by atoms with van der Waals surface area (Å²) in [6.07, 6.45) is 1.82. The molecule has 1 saturated heterocycles. The lowest BCUT2D eigenvalue weighted by Gasteiger charge is -2.24. The Morgan fingerprint density at radius 1 is 1.05 bits per heavy atom. The summed E-state index contributed by atoms with van der Waals surface area (Å²) in [6, 6.07) is 13.1. The maximum atomic E-state index is 13.6. The molecular weight excluding hydrogens is 568 g/mol. The van der Waals surface area contributed by atoms with Crippen LogP contribution in [0.4, 0.5) is 0 Å². The van der Waals surface area contributed by atoms with E-state index < -0.39 is 5.92 Å². The molecule has 1 fully saturated rings. The van der Waals surface area contributed by atoms with E-state index in [1.54, 1.807) is 22.8 Å². The van der Waals surface area contributed by atoms with E-state index in [1.165, 1.54) is 6.39 Å². The number of aromatic nitrogens is 3. The molecule has 0 aliphatic carbocycles. The summed E-state index contributed by atoms with van der Waals surface area (Å²) in [4.78, 5) is 63.7. The summed E-state index contributed by atoms with van der Waals surface area (Å²) in [6.45, 7) is 5.52. The molecule has 2 aromatic carbocycles. The lowest BCUT2D eigenvalue weighted by atomic mass is 9.88. The molecule has 13 nitrogen and oxygen atoms in total. The van der Waals surface area contributed by atoms with Crippen LogP contribution in [-0.4, -0.2) is 93.4 Å². The van der Waals surface area contributed by atoms with Crippen LogP contribution >= 0.6 is 0 Å². The Balaban J connectivity index is 0.00000123. The summed E-state index contributed by atoms with van der Waals surface area (Å²) in [7, 11) is 0. The summed E-state index contributed by atoms with van der Waals surface area (Å²) >= 11 is 0. The van der Waals surface area contributed by atoms with E-state index in [9.17, 15) is 14.4 Å². The number of nitrogens with zero attached hydrogens (tertiary/aromatic N) is 4. The number of H-pyrrole nitrogens is 1. The first-order valence-electron chi connectivity index (χ1n) is 14.3. The summed E-state index contributed by atoms with van der Waals surface area (Å²) in [5.41, 5.74) is 3.37. The summed E-state index contributed by atoms with van der Waals surface area (Å²) in [5.74, 6) is 0.814. The van der Waals surface area contributed by atoms with Gasteiger partial charge in [-0.3, -0.25) is 19.2 Å². The Hall–Kier alpha value is -5.20. The van der Waals surface area contributed by atoms with Crippen LogP contribution in [-0.2, 0) is 9.59 Å². The maximum Gasteiger partial charge on any atom is 0.290 e. The number of ether oxygens (including phenoxy) is 1. The quantitative estimate of drug-likeness (QED) is 0.292. The number of amides is 3. The average Bonchev–Trinajstić information content (AvgIpc) is 3.75. The Morgan fingerprint density at radius 3 is 2.61 bits per heavy atom. The van der Waals surface area contributed by atoms with Crippen molar-refractivity contribution in [1.29, 1.82) is 0 Å². The van der Waals surface area contributed by atoms with Crippen LogP contribution in [0, 0.1) is 19.8 Å². The molecule has 2 aliphatic heterocycles. The highest BCUT2D eigenvalue weighted by molar-refractivity contribution is 5.98. The smallest absolute Gasteiger partial charge is 0.290 e. The number of fused-ring (bicyclic) bond motifs is 5. The number of hydrogen-bond donors (Lipinski definition) is 3. The number of benzene rings is 2. The highest BCUT2D eigenvalue weighted by Gasteiger charge is 2.40. The molecule has 2 bridgehead atoms. The Bertz CT molecular complexity index is 1660. The van der Waals surface area contributed by atoms with Crippen molar-refractivity contribution >= 4 is 35.2 Å². The SMILES string of the molecule is Cc1nc2ccc(C(=O)N3C[C@@H]4C(=O)NCCCN(C(=O)c5ncoc5C)CCOc5cccc(c5)[C@H]4C3)cc2[nH]1.O=CO. The van der Waals surface area contributed by atoms with E-state index in [4.69, 9.17) is 19.1 Å². The van der Waals surface area contributed by atoms with Gasteiger partial charge in [0.05, 0.1) is 23.5 Å². The zero-order chi connectivity index (χ0) is 31.2. The van der Waals surface area contributed by atoms with Gasteiger partial charge in [0.25, 0.3) is 18.3 Å². The largest absolute Gasteiger partial charge is 0.492 e. The van der Waals surface area contributed by atoms with Crippen LogP contribution in [0.3, 0.4) is 0 Å². The van der Waals surface area contributed by atoms with Crippen LogP contribution in [0.25, 0.3) is 11.0 Å². The van der Waals surface area contributed by atoms with Gasteiger partial charge in [-0.05, 0) is 56.2 Å². The van der Waals surface area contributed by atoms with Gasteiger partial charge in [-0.25, -0.2) is 9.97 Å². The predicted octanol–water partition coefficient (Wildman–Crippen LogP) is 2.77. The molecule has 3 N–H and O–H groups in total. The van der Waals surface area contributed by atoms with Crippen molar-refractivity contribution in [3.63, 3.8) is 0 Å². The fourth-order valence-electron chi connectivity index (χ4n) is 5.72. The molecule has 6 rings (SSSR count). The molecule has 4 heterocycles. The fourth-order valence-corrected chi connectivity index (χ4v) is 5.72. The lowest BCUT2D eigenvalue weighted by molar-refractivity contribution is -0.125. The summed E-state index contributed by atoms with van der Waals surface area (Å²) in [5, 5.41) is 9.94. The van der Waals surface area contributed by atoms with Crippen molar-refractivity contribution in [3.8, 4) is 5.75 Å². The van der Waals surface area contributed by atoms with E-state index in [0.717, 1.165) is 22.4 Å². The van der Waals surface area contributed by atoms with E-state index >= 15 is 0 Å². The second-order valence-electron chi connectivity index (χ2n) is 10.7. The molecule has 2 atom stereocenters. The van der Waals surface area contributed by atoms with Gasteiger partial charge in [0.15, 0.2) is 12.1 Å². The van der Waals surface area contributed by atoms with E-state index in [1.807, 2.05) is 43.3 Å². The van der Waals surface area contributed by atoms with Crippen molar-refractivity contribution in [1.82, 2.24) is 30.1 Å². The van der Waals surface area contributed by atoms with E-state index in [2.05, 4.69) is 20.3 Å². The van der Waals surface area contributed by atoms with Gasteiger partial charge in [-0.15, -0.1) is 0 Å². The number of carbonyl (C=O) groups excluding carboxylic acids is 3. The lowest BCUT2D eigenvalue weighted by Crippen LogP contribution is -2.39. The number of rotatable bonds is 2. The monoisotopic (exact) mass is 602 g/mol. The topological polar surface area (TPSA) is 171 Å². The number of nitrogens with one attached hydrogen (secondary N) is 2. The average molecular weight is 603 g/mol. The first kappa shape index (κ1) is 30.3. The summed E-state index contributed by atoms with van der Waals surface area (Å²) < 4.78 is 11.3. The standard InChI is InChI=1S/C30H32N6O5.CH2O2/c1-18-27(32-17-41-18)30(39)35-10-4-9-31-28(37)24-16-36(15-23(24)20-5-3-6-22(13-20)40-12-11-35)29(38)21-7-8-25-26(14-21)34-19(2)33-25;2-1-3/h3,5-8,13-14,17,23-24H,4,9-12,15-16H2,1-2H3,(H,31,37)(H,33,34);1H,(H,2,3)/t23-,24+;/m1./s1. The van der Waals surface area contributed by atoms with Gasteiger partial charge < -0.3 is 34.4 Å². The number of aryl methyl sites for hydroxylation is 2. The normalized spacial score (nSPS) is 18.7. The molecule has 0 unspecified atom stereocenters. The van der Waals surface area contributed by atoms with Gasteiger partial charge in [-0.1, -0.05) is 12.1 Å². The molecular formula is C31H34N6O7. The Kier molecular flexibility index (Phi) is 9.22. The van der Waals surface area contributed by atoms with Gasteiger partial charge >= 0.3 is 0 Å². The molecule has 13 heteroatoms. The van der Waals surface area contributed by atoms with Crippen molar-refractivity contribution < 1.29 is 33.4 Å². The molecule has 44 heavy (non-hydrogen) atoms. The number of carbonyl (C=O) groups is 4. The third-order valence-corrected chi connectivity index (χ3v) is 7.85. The second kappa shape index (κ2) is 13.4. The predicted molar refractivity (Wildman–Crippen MR) is 158 cm³/mol. The molecule has 0 spiro atoms. The molecule has 230 valence electrons. The van der Waals surface area contributed by atoms with Gasteiger partial charge in [0.2, 0.25) is 5.91 Å². The minimum absolute atomic E-state index is 0.112. The molecule has 0 saturated carbocycles. The highest BCUT2D eigenvalue weighted by atomic mass is 16.5. The highest BCUT2D eigenvalue weighted by Crippen LogP contribution is 2.35. The second-order valence-corrected chi connectivity index (χ2v) is 10.7. The number of aromatic amines is 1. The first-order chi connectivity index (χ1) is 21.3. The number of hydrogen-bond acceptors (Lipinski definition) is 8. The van der Waals surface area contributed by atoms with Gasteiger partial charge in [0, 0.05) is 37.7 Å². The van der Waals surface area contributed by atoms with Crippen molar-refractivity contribution in [3.05, 3.63) is 77.3 Å². The van der Waals surface area contributed by atoms with E-state index in [-0.39, 0.29) is 35.8 Å². The van der Waals surface area contributed by atoms with E-state index in [0.29, 0.717) is 62.8 Å². The molecule has 4 aromatic rings. The number of carboxylic acid groups (broad SMARTS) is 1. The molecule has 3 amide bonds. The Labute approximate surface area is 253 Å². The molecule has 2 aromatic heterocycles. The number of oxazole rings is 1. The van der Waals surface area contributed by atoms with Crippen LogP contribution < -0.4 is 10.1 Å². The van der Waals surface area contributed by atoms with Gasteiger partial charge in [-0.2, -0.15) is 0 Å².